The minimum absolute atomic E-state index is 0.133. The number of halogens is 2. The third kappa shape index (κ3) is 3.63. The number of nitrogens with one attached hydrogen (secondary N) is 1. The van der Waals surface area contributed by atoms with Crippen LogP contribution in [-0.2, 0) is 11.3 Å². The van der Waals surface area contributed by atoms with E-state index in [9.17, 15) is 14.0 Å². The molecule has 10 heteroatoms. The lowest BCUT2D eigenvalue weighted by Crippen LogP contribution is -2.25. The van der Waals surface area contributed by atoms with Gasteiger partial charge in [-0.25, -0.2) is 14.4 Å². The molecule has 8 nitrogen and oxygen atoms in total. The van der Waals surface area contributed by atoms with Crippen molar-refractivity contribution in [3.8, 4) is 0 Å². The van der Waals surface area contributed by atoms with Gasteiger partial charge in [0.1, 0.15) is 34.1 Å². The van der Waals surface area contributed by atoms with E-state index >= 15 is 0 Å². The van der Waals surface area contributed by atoms with E-state index in [1.54, 1.807) is 22.8 Å². The normalized spacial score (nSPS) is 11.5. The lowest BCUT2D eigenvalue weighted by Gasteiger charge is -2.14. The number of pyridine rings is 2. The van der Waals surface area contributed by atoms with Crippen molar-refractivity contribution in [2.24, 2.45) is 0 Å². The van der Waals surface area contributed by atoms with Gasteiger partial charge in [0.15, 0.2) is 0 Å². The van der Waals surface area contributed by atoms with Crippen LogP contribution in [0.15, 0.2) is 45.9 Å². The topological polar surface area (TPSA) is 94.2 Å². The molecule has 0 unspecified atom stereocenters. The Morgan fingerprint density at radius 2 is 2.07 bits per heavy atom. The maximum Gasteiger partial charge on any atom is 0.283 e. The summed E-state index contributed by atoms with van der Waals surface area (Å²) in [4.78, 5) is 33.9. The number of amides is 1. The Balaban J connectivity index is 1.84. The lowest BCUT2D eigenvalue weighted by atomic mass is 10.1. The highest BCUT2D eigenvalue weighted by Crippen LogP contribution is 2.20. The molecule has 0 fully saturated rings. The molecule has 0 saturated carbocycles. The number of carbonyl (C=O) groups is 1. The summed E-state index contributed by atoms with van der Waals surface area (Å²) in [7, 11) is 0. The first-order valence-corrected chi connectivity index (χ1v) is 9.63. The van der Waals surface area contributed by atoms with Crippen LogP contribution in [0.3, 0.4) is 0 Å². The van der Waals surface area contributed by atoms with Gasteiger partial charge in [-0.3, -0.25) is 9.59 Å². The summed E-state index contributed by atoms with van der Waals surface area (Å²) in [6.45, 7) is 3.86. The van der Waals surface area contributed by atoms with Crippen LogP contribution in [0.1, 0.15) is 25.5 Å². The Kier molecular flexibility index (Phi) is 4.87. The average molecular weight is 459 g/mol. The summed E-state index contributed by atoms with van der Waals surface area (Å²) in [6, 6.07) is 7.72. The molecule has 0 atom stereocenters. The molecule has 0 saturated heterocycles. The van der Waals surface area contributed by atoms with E-state index in [1.807, 2.05) is 13.8 Å². The van der Waals surface area contributed by atoms with Crippen molar-refractivity contribution >= 4 is 44.3 Å². The van der Waals surface area contributed by atoms with Crippen LogP contribution in [0.5, 0.6) is 0 Å². The van der Waals surface area contributed by atoms with Crippen molar-refractivity contribution in [1.82, 2.24) is 24.1 Å². The first kappa shape index (κ1) is 19.2. The van der Waals surface area contributed by atoms with Crippen LogP contribution < -0.4 is 10.9 Å². The third-order valence-corrected chi connectivity index (χ3v) is 4.79. The molecule has 148 valence electrons. The van der Waals surface area contributed by atoms with Gasteiger partial charge in [-0.05, 0) is 46.1 Å². The molecule has 0 radical (unpaired) electrons. The van der Waals surface area contributed by atoms with E-state index < -0.39 is 11.7 Å². The summed E-state index contributed by atoms with van der Waals surface area (Å²) in [5, 5.41) is 7.14. The maximum atomic E-state index is 13.0. The number of hydrogen-bond donors (Lipinski definition) is 1. The molecular formula is C19H16BrFN6O2. The smallest absolute Gasteiger partial charge is 0.283 e. The molecule has 4 heterocycles. The lowest BCUT2D eigenvalue weighted by molar-refractivity contribution is -0.116. The van der Waals surface area contributed by atoms with Crippen LogP contribution >= 0.6 is 15.9 Å². The Hall–Kier alpha value is -3.14. The molecular weight excluding hydrogens is 443 g/mol. The van der Waals surface area contributed by atoms with Crippen molar-refractivity contribution < 1.29 is 9.18 Å². The highest BCUT2D eigenvalue weighted by molar-refractivity contribution is 9.10. The first-order chi connectivity index (χ1) is 13.8. The summed E-state index contributed by atoms with van der Waals surface area (Å²) in [5.74, 6) is -0.521. The van der Waals surface area contributed by atoms with E-state index in [2.05, 4.69) is 36.3 Å². The molecule has 0 aromatic carbocycles. The highest BCUT2D eigenvalue weighted by atomic mass is 79.9. The van der Waals surface area contributed by atoms with E-state index in [-0.39, 0.29) is 23.8 Å². The monoisotopic (exact) mass is 458 g/mol. The summed E-state index contributed by atoms with van der Waals surface area (Å²) in [6.07, 6.45) is 1.02. The predicted octanol–water partition coefficient (Wildman–Crippen LogP) is 3.10. The largest absolute Gasteiger partial charge is 0.309 e. The first-order valence-electron chi connectivity index (χ1n) is 8.83. The quantitative estimate of drug-likeness (QED) is 0.506. The van der Waals surface area contributed by atoms with Crippen LogP contribution in [0.25, 0.3) is 16.7 Å². The van der Waals surface area contributed by atoms with Crippen molar-refractivity contribution in [3.63, 3.8) is 0 Å². The van der Waals surface area contributed by atoms with Crippen LogP contribution in [-0.4, -0.2) is 30.1 Å². The zero-order chi connectivity index (χ0) is 20.7. The number of nitrogens with zero attached hydrogens (tertiary/aromatic N) is 5. The van der Waals surface area contributed by atoms with Crippen molar-refractivity contribution in [2.45, 2.75) is 26.3 Å². The predicted molar refractivity (Wildman–Crippen MR) is 109 cm³/mol. The Morgan fingerprint density at radius 1 is 1.28 bits per heavy atom. The van der Waals surface area contributed by atoms with Crippen LogP contribution in [0, 0.1) is 5.82 Å². The van der Waals surface area contributed by atoms with Gasteiger partial charge >= 0.3 is 0 Å². The van der Waals surface area contributed by atoms with Crippen LogP contribution in [0.4, 0.5) is 10.2 Å². The average Bonchev–Trinajstić information content (AvgIpc) is 3.08. The maximum absolute atomic E-state index is 13.0. The van der Waals surface area contributed by atoms with Gasteiger partial charge in [0.2, 0.25) is 5.91 Å². The zero-order valence-corrected chi connectivity index (χ0v) is 17.1. The van der Waals surface area contributed by atoms with E-state index in [0.717, 1.165) is 11.9 Å². The SMILES string of the molecule is CC(C)c1ccc2c(=O)n3nc(Br)cc3n(CC(=O)Nc3ccc(F)cn3)c2n1. The molecule has 4 aromatic heterocycles. The standard InChI is InChI=1S/C19H16BrFN6O2/c1-10(2)13-5-4-12-18(23-13)26(17-7-14(20)25-27(17)19(12)29)9-16(28)24-15-6-3-11(21)8-22-15/h3-8,10H,9H2,1-2H3,(H,22,24,28). The number of aromatic nitrogens is 5. The van der Waals surface area contributed by atoms with E-state index in [4.69, 9.17) is 0 Å². The number of fused-ring (bicyclic) bond motifs is 2. The fourth-order valence-corrected chi connectivity index (χ4v) is 3.36. The fourth-order valence-electron chi connectivity index (χ4n) is 3.00. The Morgan fingerprint density at radius 3 is 2.76 bits per heavy atom. The molecule has 0 aliphatic heterocycles. The Bertz CT molecular complexity index is 1300. The number of rotatable bonds is 4. The number of anilines is 1. The van der Waals surface area contributed by atoms with Gasteiger partial charge in [0, 0.05) is 11.8 Å². The molecule has 1 amide bonds. The summed E-state index contributed by atoms with van der Waals surface area (Å²) >= 11 is 3.28. The molecule has 0 aliphatic rings. The molecule has 1 N–H and O–H groups in total. The van der Waals surface area contributed by atoms with E-state index in [0.29, 0.717) is 21.3 Å². The zero-order valence-electron chi connectivity index (χ0n) is 15.6. The second-order valence-corrected chi connectivity index (χ2v) is 7.61. The molecule has 0 bridgehead atoms. The van der Waals surface area contributed by atoms with Crippen molar-refractivity contribution in [1.29, 1.82) is 0 Å². The minimum atomic E-state index is -0.495. The second kappa shape index (κ2) is 7.36. The number of hydrogen-bond acceptors (Lipinski definition) is 5. The van der Waals surface area contributed by atoms with Gasteiger partial charge in [-0.2, -0.15) is 9.61 Å². The molecule has 0 aliphatic carbocycles. The van der Waals surface area contributed by atoms with Gasteiger partial charge < -0.3 is 9.88 Å². The van der Waals surface area contributed by atoms with Crippen molar-refractivity contribution in [2.75, 3.05) is 5.32 Å². The summed E-state index contributed by atoms with van der Waals surface area (Å²) in [5.41, 5.74) is 1.29. The van der Waals surface area contributed by atoms with E-state index in [1.165, 1.54) is 16.6 Å². The molecule has 4 rings (SSSR count). The van der Waals surface area contributed by atoms with Crippen molar-refractivity contribution in [3.05, 3.63) is 63.0 Å². The van der Waals surface area contributed by atoms with Gasteiger partial charge in [-0.1, -0.05) is 13.8 Å². The highest BCUT2D eigenvalue weighted by Gasteiger charge is 2.18. The van der Waals surface area contributed by atoms with Crippen LogP contribution in [0.2, 0.25) is 0 Å². The van der Waals surface area contributed by atoms with Gasteiger partial charge in [0.05, 0.1) is 11.6 Å². The number of carbonyl (C=O) groups excluding carboxylic acids is 1. The fraction of sp³-hybridized carbons (Fsp3) is 0.211. The molecule has 0 spiro atoms. The Labute approximate surface area is 172 Å². The molecule has 29 heavy (non-hydrogen) atoms. The third-order valence-electron chi connectivity index (χ3n) is 4.40. The van der Waals surface area contributed by atoms with Gasteiger partial charge in [0.25, 0.3) is 5.56 Å². The summed E-state index contributed by atoms with van der Waals surface area (Å²) < 4.78 is 16.3. The second-order valence-electron chi connectivity index (χ2n) is 6.80. The minimum Gasteiger partial charge on any atom is -0.309 e. The molecule has 4 aromatic rings. The van der Waals surface area contributed by atoms with Gasteiger partial charge in [-0.15, -0.1) is 0 Å².